The molecular formula is C21H29N3O2. The molecule has 26 heavy (non-hydrogen) atoms. The number of carbonyl (C=O) groups is 2. The summed E-state index contributed by atoms with van der Waals surface area (Å²) in [5.41, 5.74) is 1.19. The van der Waals surface area contributed by atoms with Crippen molar-refractivity contribution >= 4 is 11.8 Å². The third kappa shape index (κ3) is 4.08. The Balaban J connectivity index is 1.18. The first-order valence-electron chi connectivity index (χ1n) is 10.0. The highest BCUT2D eigenvalue weighted by atomic mass is 16.2. The van der Waals surface area contributed by atoms with E-state index >= 15 is 0 Å². The Morgan fingerprint density at radius 1 is 1.00 bits per heavy atom. The van der Waals surface area contributed by atoms with Crippen molar-refractivity contribution in [3.8, 4) is 0 Å². The second-order valence-electron chi connectivity index (χ2n) is 8.79. The summed E-state index contributed by atoms with van der Waals surface area (Å²) < 4.78 is 0. The molecule has 140 valence electrons. The number of amides is 2. The van der Waals surface area contributed by atoms with Gasteiger partial charge in [0.15, 0.2) is 0 Å². The van der Waals surface area contributed by atoms with Gasteiger partial charge in [-0.3, -0.25) is 14.6 Å². The van der Waals surface area contributed by atoms with Crippen LogP contribution in [-0.2, 0) is 16.0 Å². The number of hydrogen-bond acceptors (Lipinski definition) is 3. The van der Waals surface area contributed by atoms with Crippen LogP contribution in [0.4, 0.5) is 0 Å². The first-order valence-corrected chi connectivity index (χ1v) is 10.0. The average Bonchev–Trinajstić information content (AvgIpc) is 2.59. The summed E-state index contributed by atoms with van der Waals surface area (Å²) in [6, 6.07) is 5.76. The third-order valence-electron chi connectivity index (χ3n) is 6.58. The van der Waals surface area contributed by atoms with Gasteiger partial charge >= 0.3 is 0 Å². The lowest BCUT2D eigenvalue weighted by Gasteiger charge is -2.56. The van der Waals surface area contributed by atoms with Crippen LogP contribution < -0.4 is 10.6 Å². The Morgan fingerprint density at radius 3 is 2.31 bits per heavy atom. The Morgan fingerprint density at radius 2 is 1.69 bits per heavy atom. The average molecular weight is 355 g/mol. The first kappa shape index (κ1) is 17.5. The molecule has 5 rings (SSSR count). The van der Waals surface area contributed by atoms with Crippen molar-refractivity contribution in [1.82, 2.24) is 15.6 Å². The first-order chi connectivity index (χ1) is 12.6. The molecule has 0 aliphatic heterocycles. The van der Waals surface area contributed by atoms with Gasteiger partial charge in [-0.05, 0) is 73.8 Å². The molecule has 0 atom stereocenters. The Labute approximate surface area is 155 Å². The molecule has 4 aliphatic carbocycles. The van der Waals surface area contributed by atoms with Gasteiger partial charge < -0.3 is 10.6 Å². The largest absolute Gasteiger partial charge is 0.354 e. The maximum Gasteiger partial charge on any atom is 0.239 e. The predicted octanol–water partition coefficient (Wildman–Crippen LogP) is 2.46. The minimum Gasteiger partial charge on any atom is -0.354 e. The van der Waals surface area contributed by atoms with Crippen LogP contribution in [-0.4, -0.2) is 29.9 Å². The van der Waals surface area contributed by atoms with Gasteiger partial charge in [0.25, 0.3) is 0 Å². The quantitative estimate of drug-likeness (QED) is 0.789. The molecule has 2 amide bonds. The normalized spacial score (nSPS) is 31.6. The molecule has 2 N–H and O–H groups in total. The van der Waals surface area contributed by atoms with Gasteiger partial charge in [0, 0.05) is 31.3 Å². The summed E-state index contributed by atoms with van der Waals surface area (Å²) in [5, 5.41) is 5.69. The van der Waals surface area contributed by atoms with Gasteiger partial charge in [-0.25, -0.2) is 0 Å². The monoisotopic (exact) mass is 355 g/mol. The summed E-state index contributed by atoms with van der Waals surface area (Å²) in [5.74, 6) is 2.48. The van der Waals surface area contributed by atoms with Gasteiger partial charge in [-0.1, -0.05) is 6.07 Å². The second kappa shape index (κ2) is 7.37. The van der Waals surface area contributed by atoms with E-state index in [0.717, 1.165) is 23.4 Å². The minimum atomic E-state index is -0.125. The molecule has 0 aromatic carbocycles. The van der Waals surface area contributed by atoms with E-state index in [0.29, 0.717) is 19.4 Å². The fourth-order valence-electron chi connectivity index (χ4n) is 6.03. The van der Waals surface area contributed by atoms with Crippen molar-refractivity contribution < 1.29 is 9.59 Å². The number of pyridine rings is 1. The molecule has 1 heterocycles. The Bertz CT molecular complexity index is 623. The van der Waals surface area contributed by atoms with E-state index in [1.807, 2.05) is 18.2 Å². The van der Waals surface area contributed by atoms with Crippen molar-refractivity contribution in [2.75, 3.05) is 13.1 Å². The van der Waals surface area contributed by atoms with E-state index < -0.39 is 0 Å². The standard InChI is InChI=1S/C21H29N3O2/c25-19(13-21-10-15-7-16(11-21)9-17(8-15)12-21)24-14-20(26)23-6-4-18-3-1-2-5-22-18/h1-3,5,15-17H,4,6-14H2,(H,23,26)(H,24,25). The number of hydrogen-bond donors (Lipinski definition) is 2. The molecule has 0 unspecified atom stereocenters. The van der Waals surface area contributed by atoms with Crippen LogP contribution in [0, 0.1) is 23.2 Å². The number of carbonyl (C=O) groups excluding carboxylic acids is 2. The van der Waals surface area contributed by atoms with Gasteiger partial charge in [0.1, 0.15) is 0 Å². The maximum atomic E-state index is 12.4. The van der Waals surface area contributed by atoms with Crippen LogP contribution in [0.3, 0.4) is 0 Å². The highest BCUT2D eigenvalue weighted by Crippen LogP contribution is 2.61. The van der Waals surface area contributed by atoms with Gasteiger partial charge in [0.2, 0.25) is 11.8 Å². The minimum absolute atomic E-state index is 0.0480. The second-order valence-corrected chi connectivity index (χ2v) is 8.79. The smallest absolute Gasteiger partial charge is 0.239 e. The number of rotatable bonds is 7. The van der Waals surface area contributed by atoms with E-state index in [2.05, 4.69) is 15.6 Å². The van der Waals surface area contributed by atoms with Crippen LogP contribution in [0.25, 0.3) is 0 Å². The lowest BCUT2D eigenvalue weighted by molar-refractivity contribution is -0.131. The molecule has 0 radical (unpaired) electrons. The summed E-state index contributed by atoms with van der Waals surface area (Å²) in [4.78, 5) is 28.6. The molecule has 4 fully saturated rings. The summed E-state index contributed by atoms with van der Waals surface area (Å²) in [7, 11) is 0. The number of nitrogens with zero attached hydrogens (tertiary/aromatic N) is 1. The van der Waals surface area contributed by atoms with Gasteiger partial charge in [-0.2, -0.15) is 0 Å². The fraction of sp³-hybridized carbons (Fsp3) is 0.667. The zero-order chi connectivity index (χ0) is 18.0. The Kier molecular flexibility index (Phi) is 4.96. The maximum absolute atomic E-state index is 12.4. The summed E-state index contributed by atoms with van der Waals surface area (Å²) >= 11 is 0. The van der Waals surface area contributed by atoms with E-state index in [1.54, 1.807) is 6.20 Å². The Hall–Kier alpha value is -1.91. The van der Waals surface area contributed by atoms with Gasteiger partial charge in [-0.15, -0.1) is 0 Å². The highest BCUT2D eigenvalue weighted by molar-refractivity contribution is 5.84. The molecule has 0 saturated heterocycles. The highest BCUT2D eigenvalue weighted by Gasteiger charge is 2.51. The van der Waals surface area contributed by atoms with Crippen LogP contribution in [0.5, 0.6) is 0 Å². The van der Waals surface area contributed by atoms with Crippen LogP contribution in [0.1, 0.15) is 50.6 Å². The SMILES string of the molecule is O=C(CNC(=O)CC12CC3CC(CC(C3)C1)C2)NCCc1ccccn1. The van der Waals surface area contributed by atoms with E-state index in [1.165, 1.54) is 38.5 Å². The van der Waals surface area contributed by atoms with Crippen LogP contribution in [0.2, 0.25) is 0 Å². The molecule has 0 spiro atoms. The lowest BCUT2D eigenvalue weighted by Crippen LogP contribution is -2.48. The van der Waals surface area contributed by atoms with Gasteiger partial charge in [0.05, 0.1) is 6.54 Å². The molecular weight excluding hydrogens is 326 g/mol. The van der Waals surface area contributed by atoms with Crippen LogP contribution in [0.15, 0.2) is 24.4 Å². The van der Waals surface area contributed by atoms with Crippen molar-refractivity contribution in [2.45, 2.75) is 51.4 Å². The van der Waals surface area contributed by atoms with Crippen molar-refractivity contribution in [3.63, 3.8) is 0 Å². The molecule has 4 bridgehead atoms. The number of nitrogens with one attached hydrogen (secondary N) is 2. The third-order valence-corrected chi connectivity index (χ3v) is 6.58. The molecule has 1 aromatic heterocycles. The van der Waals surface area contributed by atoms with Crippen molar-refractivity contribution in [3.05, 3.63) is 30.1 Å². The molecule has 1 aromatic rings. The van der Waals surface area contributed by atoms with Crippen molar-refractivity contribution in [1.29, 1.82) is 0 Å². The molecule has 4 saturated carbocycles. The lowest BCUT2D eigenvalue weighted by atomic mass is 9.49. The molecule has 5 heteroatoms. The predicted molar refractivity (Wildman–Crippen MR) is 99.2 cm³/mol. The van der Waals surface area contributed by atoms with E-state index in [-0.39, 0.29) is 23.8 Å². The van der Waals surface area contributed by atoms with E-state index in [9.17, 15) is 9.59 Å². The summed E-state index contributed by atoms with van der Waals surface area (Å²) in [6.45, 7) is 0.619. The topological polar surface area (TPSA) is 71.1 Å². The van der Waals surface area contributed by atoms with Crippen LogP contribution >= 0.6 is 0 Å². The number of aromatic nitrogens is 1. The molecule has 5 nitrogen and oxygen atoms in total. The zero-order valence-electron chi connectivity index (χ0n) is 15.4. The molecule has 4 aliphatic rings. The summed E-state index contributed by atoms with van der Waals surface area (Å²) in [6.07, 6.45) is 10.9. The fourth-order valence-corrected chi connectivity index (χ4v) is 6.03. The zero-order valence-corrected chi connectivity index (χ0v) is 15.4. The van der Waals surface area contributed by atoms with Crippen molar-refractivity contribution in [2.24, 2.45) is 23.2 Å². The van der Waals surface area contributed by atoms with E-state index in [4.69, 9.17) is 0 Å².